The molecule has 1 aliphatic rings. The maximum atomic E-state index is 10.5. The highest BCUT2D eigenvalue weighted by Crippen LogP contribution is 2.19. The molecule has 1 N–H and O–H groups in total. The number of piperidine rings is 1. The Bertz CT molecular complexity index is 455. The van der Waals surface area contributed by atoms with Gasteiger partial charge in [-0.25, -0.2) is 0 Å². The van der Waals surface area contributed by atoms with Crippen molar-refractivity contribution in [3.8, 4) is 5.75 Å². The average molecular weight is 293 g/mol. The lowest BCUT2D eigenvalue weighted by molar-refractivity contribution is -0.138. The van der Waals surface area contributed by atoms with Gasteiger partial charge < -0.3 is 14.6 Å². The van der Waals surface area contributed by atoms with E-state index < -0.39 is 5.97 Å². The Hall–Kier alpha value is -1.59. The number of aliphatic carboxylic acids is 1. The normalized spacial score (nSPS) is 16.8. The SMILES string of the molecule is COc1cccc(CN2CCC(OCCC(=O)O)CC2)c1. The second kappa shape index (κ2) is 8.00. The number of rotatable bonds is 7. The van der Waals surface area contributed by atoms with E-state index in [1.807, 2.05) is 12.1 Å². The van der Waals surface area contributed by atoms with Gasteiger partial charge in [0.2, 0.25) is 0 Å². The van der Waals surface area contributed by atoms with Crippen molar-refractivity contribution in [1.29, 1.82) is 0 Å². The van der Waals surface area contributed by atoms with Crippen LogP contribution in [0.15, 0.2) is 24.3 Å². The molecule has 1 aromatic carbocycles. The van der Waals surface area contributed by atoms with E-state index in [0.29, 0.717) is 6.61 Å². The molecule has 5 nitrogen and oxygen atoms in total. The molecule has 0 bridgehead atoms. The fraction of sp³-hybridized carbons (Fsp3) is 0.562. The Balaban J connectivity index is 1.72. The topological polar surface area (TPSA) is 59.0 Å². The fourth-order valence-electron chi connectivity index (χ4n) is 2.58. The molecule has 0 saturated carbocycles. The Morgan fingerprint density at radius 3 is 2.81 bits per heavy atom. The largest absolute Gasteiger partial charge is 0.497 e. The van der Waals surface area contributed by atoms with Gasteiger partial charge in [0, 0.05) is 19.6 Å². The summed E-state index contributed by atoms with van der Waals surface area (Å²) in [6.45, 7) is 3.19. The number of methoxy groups -OCH3 is 1. The minimum absolute atomic E-state index is 0.0873. The van der Waals surface area contributed by atoms with Crippen LogP contribution in [-0.4, -0.2) is 48.9 Å². The lowest BCUT2D eigenvalue weighted by Gasteiger charge is -2.31. The third-order valence-electron chi connectivity index (χ3n) is 3.74. The Labute approximate surface area is 125 Å². The average Bonchev–Trinajstić information content (AvgIpc) is 2.49. The Morgan fingerprint density at radius 2 is 2.14 bits per heavy atom. The summed E-state index contributed by atoms with van der Waals surface area (Å²) < 4.78 is 10.8. The molecule has 1 aliphatic heterocycles. The van der Waals surface area contributed by atoms with Crippen molar-refractivity contribution >= 4 is 5.97 Å². The van der Waals surface area contributed by atoms with Crippen LogP contribution in [0.2, 0.25) is 0 Å². The second-order valence-corrected chi connectivity index (χ2v) is 5.34. The van der Waals surface area contributed by atoms with Gasteiger partial charge in [-0.3, -0.25) is 9.69 Å². The molecule has 0 aliphatic carbocycles. The van der Waals surface area contributed by atoms with Gasteiger partial charge in [-0.05, 0) is 30.5 Å². The van der Waals surface area contributed by atoms with E-state index in [1.165, 1.54) is 5.56 Å². The Kier molecular flexibility index (Phi) is 6.02. The van der Waals surface area contributed by atoms with Crippen molar-refractivity contribution in [3.05, 3.63) is 29.8 Å². The zero-order valence-electron chi connectivity index (χ0n) is 12.5. The summed E-state index contributed by atoms with van der Waals surface area (Å²) in [6.07, 6.45) is 2.21. The molecule has 0 unspecified atom stereocenters. The van der Waals surface area contributed by atoms with Crippen LogP contribution in [0.5, 0.6) is 5.75 Å². The lowest BCUT2D eigenvalue weighted by Crippen LogP contribution is -2.36. The van der Waals surface area contributed by atoms with Crippen LogP contribution in [0.1, 0.15) is 24.8 Å². The minimum atomic E-state index is -0.800. The monoisotopic (exact) mass is 293 g/mol. The first kappa shape index (κ1) is 15.8. The highest BCUT2D eigenvalue weighted by molar-refractivity contribution is 5.66. The number of nitrogens with zero attached hydrogens (tertiary/aromatic N) is 1. The maximum Gasteiger partial charge on any atom is 0.305 e. The molecule has 21 heavy (non-hydrogen) atoms. The molecule has 0 amide bonds. The van der Waals surface area contributed by atoms with Crippen LogP contribution in [0.4, 0.5) is 0 Å². The molecule has 5 heteroatoms. The van der Waals surface area contributed by atoms with E-state index >= 15 is 0 Å². The van der Waals surface area contributed by atoms with Gasteiger partial charge in [0.15, 0.2) is 0 Å². The predicted molar refractivity (Wildman–Crippen MR) is 79.5 cm³/mol. The molecule has 0 spiro atoms. The Morgan fingerprint density at radius 1 is 1.38 bits per heavy atom. The van der Waals surface area contributed by atoms with Crippen LogP contribution in [0.3, 0.4) is 0 Å². The van der Waals surface area contributed by atoms with Crippen LogP contribution >= 0.6 is 0 Å². The summed E-state index contributed by atoms with van der Waals surface area (Å²) in [5, 5.41) is 8.59. The van der Waals surface area contributed by atoms with E-state index in [-0.39, 0.29) is 12.5 Å². The van der Waals surface area contributed by atoms with E-state index in [0.717, 1.165) is 38.2 Å². The van der Waals surface area contributed by atoms with Crippen molar-refractivity contribution in [3.63, 3.8) is 0 Å². The third kappa shape index (κ3) is 5.36. The number of hydrogen-bond donors (Lipinski definition) is 1. The van der Waals surface area contributed by atoms with Crippen molar-refractivity contribution in [2.24, 2.45) is 0 Å². The van der Waals surface area contributed by atoms with E-state index in [2.05, 4.69) is 17.0 Å². The van der Waals surface area contributed by atoms with Crippen molar-refractivity contribution in [2.45, 2.75) is 31.9 Å². The van der Waals surface area contributed by atoms with Crippen molar-refractivity contribution in [1.82, 2.24) is 4.90 Å². The molecular weight excluding hydrogens is 270 g/mol. The fourth-order valence-corrected chi connectivity index (χ4v) is 2.58. The van der Waals surface area contributed by atoms with Gasteiger partial charge >= 0.3 is 5.97 Å². The number of ether oxygens (including phenoxy) is 2. The standard InChI is InChI=1S/C16H23NO4/c1-20-15-4-2-3-13(11-15)12-17-8-5-14(6-9-17)21-10-7-16(18)19/h2-4,11,14H,5-10,12H2,1H3,(H,18,19). The third-order valence-corrected chi connectivity index (χ3v) is 3.74. The minimum Gasteiger partial charge on any atom is -0.497 e. The molecule has 116 valence electrons. The molecule has 0 aromatic heterocycles. The van der Waals surface area contributed by atoms with E-state index in [9.17, 15) is 4.79 Å². The van der Waals surface area contributed by atoms with Gasteiger partial charge in [0.05, 0.1) is 26.2 Å². The van der Waals surface area contributed by atoms with Crippen molar-refractivity contribution in [2.75, 3.05) is 26.8 Å². The lowest BCUT2D eigenvalue weighted by atomic mass is 10.1. The summed E-state index contributed by atoms with van der Waals surface area (Å²) in [6, 6.07) is 8.13. The smallest absolute Gasteiger partial charge is 0.305 e. The van der Waals surface area contributed by atoms with Crippen molar-refractivity contribution < 1.29 is 19.4 Å². The van der Waals surface area contributed by atoms with Gasteiger partial charge in [-0.1, -0.05) is 12.1 Å². The summed E-state index contributed by atoms with van der Waals surface area (Å²) in [5.41, 5.74) is 1.25. The first-order valence-electron chi connectivity index (χ1n) is 7.36. The van der Waals surface area contributed by atoms with Gasteiger partial charge in [0.25, 0.3) is 0 Å². The summed E-state index contributed by atoms with van der Waals surface area (Å²) in [5.74, 6) is 0.0878. The van der Waals surface area contributed by atoms with Gasteiger partial charge in [-0.2, -0.15) is 0 Å². The highest BCUT2D eigenvalue weighted by Gasteiger charge is 2.19. The number of carboxylic acid groups (broad SMARTS) is 1. The molecular formula is C16H23NO4. The number of carbonyl (C=O) groups is 1. The predicted octanol–water partition coefficient (Wildman–Crippen LogP) is 2.15. The molecule has 1 saturated heterocycles. The second-order valence-electron chi connectivity index (χ2n) is 5.34. The molecule has 0 radical (unpaired) electrons. The first-order valence-corrected chi connectivity index (χ1v) is 7.36. The quantitative estimate of drug-likeness (QED) is 0.834. The molecule has 1 aromatic rings. The summed E-state index contributed by atoms with van der Waals surface area (Å²) >= 11 is 0. The number of likely N-dealkylation sites (tertiary alicyclic amines) is 1. The summed E-state index contributed by atoms with van der Waals surface area (Å²) in [7, 11) is 1.68. The molecule has 2 rings (SSSR count). The van der Waals surface area contributed by atoms with Crippen LogP contribution in [0, 0.1) is 0 Å². The molecule has 0 atom stereocenters. The number of carboxylic acids is 1. The van der Waals surface area contributed by atoms with Crippen LogP contribution < -0.4 is 4.74 Å². The first-order chi connectivity index (χ1) is 10.2. The maximum absolute atomic E-state index is 10.5. The highest BCUT2D eigenvalue weighted by atomic mass is 16.5. The number of benzene rings is 1. The molecule has 1 fully saturated rings. The van der Waals surface area contributed by atoms with Crippen LogP contribution in [0.25, 0.3) is 0 Å². The van der Waals surface area contributed by atoms with Gasteiger partial charge in [0.1, 0.15) is 5.75 Å². The summed E-state index contributed by atoms with van der Waals surface area (Å²) in [4.78, 5) is 12.8. The van der Waals surface area contributed by atoms with Gasteiger partial charge in [-0.15, -0.1) is 0 Å². The zero-order valence-corrected chi connectivity index (χ0v) is 12.5. The van der Waals surface area contributed by atoms with E-state index in [4.69, 9.17) is 14.6 Å². The van der Waals surface area contributed by atoms with E-state index in [1.54, 1.807) is 7.11 Å². The number of hydrogen-bond acceptors (Lipinski definition) is 4. The van der Waals surface area contributed by atoms with Crippen LogP contribution in [-0.2, 0) is 16.1 Å². The zero-order chi connectivity index (χ0) is 15.1. The molecule has 1 heterocycles.